The van der Waals surface area contributed by atoms with Crippen LogP contribution in [0.2, 0.25) is 0 Å². The van der Waals surface area contributed by atoms with E-state index in [1.54, 1.807) is 7.11 Å². The number of hydrogen-bond donors (Lipinski definition) is 1. The van der Waals surface area contributed by atoms with Crippen molar-refractivity contribution < 1.29 is 9.53 Å². The van der Waals surface area contributed by atoms with Crippen LogP contribution < -0.4 is 5.32 Å². The van der Waals surface area contributed by atoms with Crippen molar-refractivity contribution in [1.82, 2.24) is 5.32 Å². The highest BCUT2D eigenvalue weighted by atomic mass is 32.2. The van der Waals surface area contributed by atoms with Gasteiger partial charge in [-0.2, -0.15) is 11.8 Å². The molecule has 29 heavy (non-hydrogen) atoms. The van der Waals surface area contributed by atoms with E-state index < -0.39 is 0 Å². The molecule has 0 aliphatic heterocycles. The minimum atomic E-state index is 0.169. The molecule has 1 rings (SSSR count). The minimum absolute atomic E-state index is 0.169. The summed E-state index contributed by atoms with van der Waals surface area (Å²) >= 11 is 2.05. The van der Waals surface area contributed by atoms with E-state index >= 15 is 0 Å². The molecule has 3 nitrogen and oxygen atoms in total. The van der Waals surface area contributed by atoms with Crippen LogP contribution in [-0.4, -0.2) is 31.1 Å². The van der Waals surface area contributed by atoms with Gasteiger partial charge in [-0.25, -0.2) is 0 Å². The lowest BCUT2D eigenvalue weighted by Gasteiger charge is -2.10. The third-order valence-electron chi connectivity index (χ3n) is 4.52. The van der Waals surface area contributed by atoms with Gasteiger partial charge in [0.25, 0.3) is 0 Å². The molecule has 0 radical (unpaired) electrons. The summed E-state index contributed by atoms with van der Waals surface area (Å²) in [6, 6.07) is 8.66. The first-order valence-corrected chi connectivity index (χ1v) is 12.4. The summed E-state index contributed by atoms with van der Waals surface area (Å²) in [5.74, 6) is 2.65. The number of nitrogens with one attached hydrogen (secondary N) is 1. The van der Waals surface area contributed by atoms with Gasteiger partial charge in [0.2, 0.25) is 6.41 Å². The molecule has 1 N–H and O–H groups in total. The molecule has 0 spiro atoms. The van der Waals surface area contributed by atoms with Gasteiger partial charge >= 0.3 is 0 Å². The molecule has 0 aromatic heterocycles. The number of methoxy groups -OCH3 is 1. The van der Waals surface area contributed by atoms with E-state index in [0.29, 0.717) is 6.61 Å². The normalized spacial score (nSPS) is 11.7. The Morgan fingerprint density at radius 2 is 1.86 bits per heavy atom. The second-order valence-corrected chi connectivity index (χ2v) is 8.55. The summed E-state index contributed by atoms with van der Waals surface area (Å²) < 4.78 is 5.15. The van der Waals surface area contributed by atoms with Crippen LogP contribution in [0.1, 0.15) is 76.8 Å². The largest absolute Gasteiger partial charge is 0.380 e. The Kier molecular flexibility index (Phi) is 20.5. The van der Waals surface area contributed by atoms with Gasteiger partial charge in [0.15, 0.2) is 0 Å². The number of hydrogen-bond acceptors (Lipinski definition) is 3. The second-order valence-electron chi connectivity index (χ2n) is 7.16. The molecule has 4 heteroatoms. The molecule has 166 valence electrons. The second kappa shape index (κ2) is 21.4. The van der Waals surface area contributed by atoms with Crippen molar-refractivity contribution in [2.75, 3.05) is 18.6 Å². The van der Waals surface area contributed by atoms with Gasteiger partial charge in [-0.1, -0.05) is 82.9 Å². The number of carbonyl (C=O) groups excluding carboxylic acids is 1. The molecule has 1 atom stereocenters. The quantitative estimate of drug-likeness (QED) is 0.187. The molecule has 1 amide bonds. The van der Waals surface area contributed by atoms with Crippen molar-refractivity contribution in [3.05, 3.63) is 47.5 Å². The molecule has 0 saturated heterocycles. The lowest BCUT2D eigenvalue weighted by molar-refractivity contribution is -0.109. The predicted molar refractivity (Wildman–Crippen MR) is 130 cm³/mol. The molecule has 1 aromatic rings. The maximum Gasteiger partial charge on any atom is 0.207 e. The predicted octanol–water partition coefficient (Wildman–Crippen LogP) is 6.56. The number of aryl methyl sites for hydroxylation is 1. The molecule has 0 bridgehead atoms. The summed E-state index contributed by atoms with van der Waals surface area (Å²) in [6.07, 6.45) is 14.5. The van der Waals surface area contributed by atoms with Gasteiger partial charge < -0.3 is 10.1 Å². The summed E-state index contributed by atoms with van der Waals surface area (Å²) in [6.45, 7) is 7.29. The van der Waals surface area contributed by atoms with Gasteiger partial charge in [0.05, 0.1) is 6.61 Å². The van der Waals surface area contributed by atoms with Crippen LogP contribution in [0.5, 0.6) is 0 Å². The maximum absolute atomic E-state index is 10.6. The maximum atomic E-state index is 10.6. The monoisotopic (exact) mass is 421 g/mol. The number of ether oxygens (including phenoxy) is 1. The Bertz CT molecular complexity index is 513. The first-order chi connectivity index (χ1) is 14.2. The highest BCUT2D eigenvalue weighted by Crippen LogP contribution is 2.10. The third kappa shape index (κ3) is 17.3. The van der Waals surface area contributed by atoms with Crippen LogP contribution in [0.25, 0.3) is 0 Å². The van der Waals surface area contributed by atoms with Crippen LogP contribution in [0.3, 0.4) is 0 Å². The Morgan fingerprint density at radius 3 is 2.52 bits per heavy atom. The zero-order valence-electron chi connectivity index (χ0n) is 19.1. The molecule has 0 heterocycles. The molecular weight excluding hydrogens is 378 g/mol. The Morgan fingerprint density at radius 1 is 1.10 bits per heavy atom. The SMILES string of the molecule is CCCCC(/C=C/CCc1cccc(COC)c1)NC=O.CCCCCSCC. The van der Waals surface area contributed by atoms with Crippen LogP contribution in [0, 0.1) is 0 Å². The fourth-order valence-electron chi connectivity index (χ4n) is 2.90. The van der Waals surface area contributed by atoms with Crippen LogP contribution >= 0.6 is 11.8 Å². The van der Waals surface area contributed by atoms with E-state index in [1.807, 2.05) is 11.8 Å². The van der Waals surface area contributed by atoms with Crippen molar-refractivity contribution in [1.29, 1.82) is 0 Å². The number of benzene rings is 1. The van der Waals surface area contributed by atoms with Crippen molar-refractivity contribution in [3.63, 3.8) is 0 Å². The van der Waals surface area contributed by atoms with Crippen molar-refractivity contribution in [3.8, 4) is 0 Å². The summed E-state index contributed by atoms with van der Waals surface area (Å²) in [5, 5.41) is 2.86. The fourth-order valence-corrected chi connectivity index (χ4v) is 3.59. The first-order valence-electron chi connectivity index (χ1n) is 11.2. The number of amides is 1. The number of rotatable bonds is 16. The summed E-state index contributed by atoms with van der Waals surface area (Å²) in [7, 11) is 1.71. The minimum Gasteiger partial charge on any atom is -0.380 e. The van der Waals surface area contributed by atoms with E-state index in [-0.39, 0.29) is 6.04 Å². The van der Waals surface area contributed by atoms with Crippen LogP contribution in [0.4, 0.5) is 0 Å². The third-order valence-corrected chi connectivity index (χ3v) is 5.50. The molecule has 0 fully saturated rings. The van der Waals surface area contributed by atoms with Gasteiger partial charge in [0, 0.05) is 13.2 Å². The van der Waals surface area contributed by atoms with E-state index in [9.17, 15) is 4.79 Å². The van der Waals surface area contributed by atoms with E-state index in [4.69, 9.17) is 4.74 Å². The van der Waals surface area contributed by atoms with Gasteiger partial charge in [-0.15, -0.1) is 0 Å². The topological polar surface area (TPSA) is 38.3 Å². The van der Waals surface area contributed by atoms with Gasteiger partial charge in [0.1, 0.15) is 0 Å². The molecular formula is C25H43NO2S. The van der Waals surface area contributed by atoms with Crippen LogP contribution in [0.15, 0.2) is 36.4 Å². The molecule has 0 saturated carbocycles. The van der Waals surface area contributed by atoms with Gasteiger partial charge in [-0.3, -0.25) is 4.79 Å². The highest BCUT2D eigenvalue weighted by molar-refractivity contribution is 7.99. The highest BCUT2D eigenvalue weighted by Gasteiger charge is 2.01. The zero-order valence-corrected chi connectivity index (χ0v) is 19.9. The summed E-state index contributed by atoms with van der Waals surface area (Å²) in [5.41, 5.74) is 2.53. The Balaban J connectivity index is 0.000000828. The van der Waals surface area contributed by atoms with Gasteiger partial charge in [-0.05, 0) is 48.3 Å². The Labute approximate surface area is 184 Å². The van der Waals surface area contributed by atoms with Crippen molar-refractivity contribution >= 4 is 18.2 Å². The molecule has 1 unspecified atom stereocenters. The number of carbonyl (C=O) groups is 1. The standard InChI is InChI=1S/C18H27NO2.C7H16S/c1-3-4-11-18(19-15-20)12-6-5-8-16-9-7-10-17(13-16)14-21-2;1-3-5-6-7-8-4-2/h6-7,9-10,12-13,15,18H,3-5,8,11,14H2,1-2H3,(H,19,20);3-7H2,1-2H3/b12-6+;. The van der Waals surface area contributed by atoms with E-state index in [1.165, 1.54) is 41.9 Å². The average molecular weight is 422 g/mol. The van der Waals surface area contributed by atoms with Crippen molar-refractivity contribution in [2.45, 2.75) is 84.8 Å². The van der Waals surface area contributed by atoms with Crippen molar-refractivity contribution in [2.24, 2.45) is 0 Å². The molecule has 0 aliphatic carbocycles. The van der Waals surface area contributed by atoms with E-state index in [2.05, 4.69) is 62.5 Å². The van der Waals surface area contributed by atoms with Crippen LogP contribution in [-0.2, 0) is 22.6 Å². The average Bonchev–Trinajstić information content (AvgIpc) is 2.73. The zero-order chi connectivity index (χ0) is 21.6. The smallest absolute Gasteiger partial charge is 0.207 e. The molecule has 0 aliphatic rings. The Hall–Kier alpha value is -1.26. The first kappa shape index (κ1) is 27.7. The molecule has 1 aromatic carbocycles. The van der Waals surface area contributed by atoms with E-state index in [0.717, 1.165) is 38.5 Å². The number of unbranched alkanes of at least 4 members (excludes halogenated alkanes) is 3. The fraction of sp³-hybridized carbons (Fsp3) is 0.640. The number of allylic oxidation sites excluding steroid dienone is 1. The lowest BCUT2D eigenvalue weighted by atomic mass is 10.1. The lowest BCUT2D eigenvalue weighted by Crippen LogP contribution is -2.25. The summed E-state index contributed by atoms with van der Waals surface area (Å²) in [4.78, 5) is 10.6. The number of thioether (sulfide) groups is 1.